The molecule has 2 rings (SSSR count). The zero-order chi connectivity index (χ0) is 16.4. The van der Waals surface area contributed by atoms with E-state index in [9.17, 15) is 4.79 Å². The van der Waals surface area contributed by atoms with Gasteiger partial charge in [-0.2, -0.15) is 10.2 Å². The normalized spacial score (nSPS) is 13.9. The van der Waals surface area contributed by atoms with Crippen LogP contribution in [0.2, 0.25) is 5.02 Å². The molecule has 0 aliphatic heterocycles. The summed E-state index contributed by atoms with van der Waals surface area (Å²) >= 11 is 5.99. The van der Waals surface area contributed by atoms with Crippen LogP contribution in [0.5, 0.6) is 0 Å². The van der Waals surface area contributed by atoms with E-state index in [0.717, 1.165) is 23.5 Å². The molecule has 0 aromatic carbocycles. The molecule has 22 heavy (non-hydrogen) atoms. The standard InChI is InChI=1S/C15H22ClN5O/c1-6-20-8-13(10(3)19-20)9(2)18-15(22)12(5)21-11(4)14(16)7-17-21/h7-9,12H,6H2,1-5H3,(H,18,22). The van der Waals surface area contributed by atoms with Crippen LogP contribution in [0.1, 0.15) is 49.8 Å². The predicted molar refractivity (Wildman–Crippen MR) is 85.9 cm³/mol. The van der Waals surface area contributed by atoms with Gasteiger partial charge in [0.15, 0.2) is 0 Å². The molecule has 1 amide bonds. The minimum Gasteiger partial charge on any atom is -0.348 e. The lowest BCUT2D eigenvalue weighted by molar-refractivity contribution is -0.124. The fourth-order valence-electron chi connectivity index (χ4n) is 2.44. The fourth-order valence-corrected chi connectivity index (χ4v) is 2.57. The van der Waals surface area contributed by atoms with Crippen LogP contribution in [0.4, 0.5) is 0 Å². The summed E-state index contributed by atoms with van der Waals surface area (Å²) < 4.78 is 3.50. The number of halogens is 1. The molecular weight excluding hydrogens is 302 g/mol. The quantitative estimate of drug-likeness (QED) is 0.920. The highest BCUT2D eigenvalue weighted by Crippen LogP contribution is 2.20. The largest absolute Gasteiger partial charge is 0.348 e. The summed E-state index contributed by atoms with van der Waals surface area (Å²) in [5.74, 6) is -0.0981. The van der Waals surface area contributed by atoms with Crippen LogP contribution in [-0.4, -0.2) is 25.5 Å². The predicted octanol–water partition coefficient (Wildman–Crippen LogP) is 2.81. The monoisotopic (exact) mass is 323 g/mol. The van der Waals surface area contributed by atoms with Crippen molar-refractivity contribution in [3.8, 4) is 0 Å². The molecule has 2 heterocycles. The van der Waals surface area contributed by atoms with Crippen molar-refractivity contribution in [2.45, 2.75) is 53.2 Å². The molecule has 0 saturated heterocycles. The van der Waals surface area contributed by atoms with E-state index in [1.165, 1.54) is 0 Å². The first-order valence-corrected chi connectivity index (χ1v) is 7.76. The Morgan fingerprint density at radius 1 is 1.41 bits per heavy atom. The lowest BCUT2D eigenvalue weighted by atomic mass is 10.1. The molecule has 0 saturated carbocycles. The number of aromatic nitrogens is 4. The van der Waals surface area contributed by atoms with Gasteiger partial charge < -0.3 is 5.32 Å². The van der Waals surface area contributed by atoms with Crippen molar-refractivity contribution in [3.63, 3.8) is 0 Å². The van der Waals surface area contributed by atoms with Gasteiger partial charge in [-0.1, -0.05) is 11.6 Å². The molecule has 0 spiro atoms. The zero-order valence-corrected chi connectivity index (χ0v) is 14.3. The van der Waals surface area contributed by atoms with E-state index in [-0.39, 0.29) is 11.9 Å². The average Bonchev–Trinajstić information content (AvgIpc) is 3.02. The van der Waals surface area contributed by atoms with Crippen molar-refractivity contribution in [2.75, 3.05) is 0 Å². The highest BCUT2D eigenvalue weighted by atomic mass is 35.5. The van der Waals surface area contributed by atoms with Gasteiger partial charge in [-0.05, 0) is 34.6 Å². The summed E-state index contributed by atoms with van der Waals surface area (Å²) in [6.07, 6.45) is 3.53. The summed E-state index contributed by atoms with van der Waals surface area (Å²) in [7, 11) is 0. The Morgan fingerprint density at radius 3 is 2.59 bits per heavy atom. The molecule has 0 aliphatic rings. The zero-order valence-electron chi connectivity index (χ0n) is 13.6. The number of hydrogen-bond acceptors (Lipinski definition) is 3. The third-order valence-electron chi connectivity index (χ3n) is 3.86. The molecule has 2 aromatic rings. The van der Waals surface area contributed by atoms with Gasteiger partial charge >= 0.3 is 0 Å². The first kappa shape index (κ1) is 16.5. The van der Waals surface area contributed by atoms with Gasteiger partial charge in [0.2, 0.25) is 5.91 Å². The van der Waals surface area contributed by atoms with Gasteiger partial charge in [0.25, 0.3) is 0 Å². The lowest BCUT2D eigenvalue weighted by Crippen LogP contribution is -2.33. The van der Waals surface area contributed by atoms with Gasteiger partial charge in [-0.25, -0.2) is 0 Å². The topological polar surface area (TPSA) is 64.7 Å². The number of nitrogens with zero attached hydrogens (tertiary/aromatic N) is 4. The van der Waals surface area contributed by atoms with E-state index >= 15 is 0 Å². The van der Waals surface area contributed by atoms with E-state index < -0.39 is 6.04 Å². The first-order chi connectivity index (χ1) is 10.3. The van der Waals surface area contributed by atoms with E-state index in [1.54, 1.807) is 17.8 Å². The van der Waals surface area contributed by atoms with E-state index in [0.29, 0.717) is 5.02 Å². The Morgan fingerprint density at radius 2 is 2.09 bits per heavy atom. The summed E-state index contributed by atoms with van der Waals surface area (Å²) in [6, 6.07) is -0.530. The number of carbonyl (C=O) groups excluding carboxylic acids is 1. The summed E-state index contributed by atoms with van der Waals surface area (Å²) in [4.78, 5) is 12.4. The maximum absolute atomic E-state index is 12.4. The van der Waals surface area contributed by atoms with Crippen LogP contribution in [0.25, 0.3) is 0 Å². The Hall–Kier alpha value is -1.82. The molecule has 0 fully saturated rings. The second-order valence-corrected chi connectivity index (χ2v) is 5.86. The molecule has 2 aromatic heterocycles. The minimum atomic E-state index is -0.420. The van der Waals surface area contributed by atoms with Gasteiger partial charge in [-0.15, -0.1) is 0 Å². The molecule has 2 unspecified atom stereocenters. The number of carbonyl (C=O) groups is 1. The molecule has 6 nitrogen and oxygen atoms in total. The maximum Gasteiger partial charge on any atom is 0.245 e. The molecule has 1 N–H and O–H groups in total. The third-order valence-corrected chi connectivity index (χ3v) is 4.24. The van der Waals surface area contributed by atoms with Crippen molar-refractivity contribution < 1.29 is 4.79 Å². The van der Waals surface area contributed by atoms with Crippen LogP contribution < -0.4 is 5.32 Å². The first-order valence-electron chi connectivity index (χ1n) is 7.39. The number of hydrogen-bond donors (Lipinski definition) is 1. The molecule has 0 bridgehead atoms. The summed E-state index contributed by atoms with van der Waals surface area (Å²) in [5, 5.41) is 12.1. The van der Waals surface area contributed by atoms with E-state index in [1.807, 2.05) is 38.6 Å². The van der Waals surface area contributed by atoms with E-state index in [2.05, 4.69) is 15.5 Å². The van der Waals surface area contributed by atoms with Crippen molar-refractivity contribution in [3.05, 3.63) is 34.4 Å². The molecule has 7 heteroatoms. The second-order valence-electron chi connectivity index (χ2n) is 5.45. The number of rotatable bonds is 5. The number of amides is 1. The van der Waals surface area contributed by atoms with Crippen LogP contribution in [0.15, 0.2) is 12.4 Å². The highest BCUT2D eigenvalue weighted by Gasteiger charge is 2.22. The smallest absolute Gasteiger partial charge is 0.245 e. The van der Waals surface area contributed by atoms with Crippen molar-refractivity contribution in [1.29, 1.82) is 0 Å². The van der Waals surface area contributed by atoms with Crippen LogP contribution in [0, 0.1) is 13.8 Å². The molecule has 0 radical (unpaired) electrons. The Kier molecular flexibility index (Phi) is 4.90. The number of aryl methyl sites for hydroxylation is 2. The van der Waals surface area contributed by atoms with Crippen LogP contribution in [-0.2, 0) is 11.3 Å². The van der Waals surface area contributed by atoms with Gasteiger partial charge in [0, 0.05) is 18.3 Å². The molecule has 120 valence electrons. The molecule has 2 atom stereocenters. The van der Waals surface area contributed by atoms with Crippen LogP contribution >= 0.6 is 11.6 Å². The van der Waals surface area contributed by atoms with Gasteiger partial charge in [0.05, 0.1) is 28.6 Å². The van der Waals surface area contributed by atoms with Gasteiger partial charge in [0.1, 0.15) is 6.04 Å². The Balaban J connectivity index is 2.10. The summed E-state index contributed by atoms with van der Waals surface area (Å²) in [6.45, 7) is 10.4. The maximum atomic E-state index is 12.4. The van der Waals surface area contributed by atoms with Crippen molar-refractivity contribution >= 4 is 17.5 Å². The van der Waals surface area contributed by atoms with Gasteiger partial charge in [-0.3, -0.25) is 14.2 Å². The molecular formula is C15H22ClN5O. The Bertz CT molecular complexity index is 676. The van der Waals surface area contributed by atoms with E-state index in [4.69, 9.17) is 11.6 Å². The molecule has 0 aliphatic carbocycles. The fraction of sp³-hybridized carbons (Fsp3) is 0.533. The minimum absolute atomic E-state index is 0.0981. The van der Waals surface area contributed by atoms with Crippen molar-refractivity contribution in [2.24, 2.45) is 0 Å². The second kappa shape index (κ2) is 6.52. The lowest BCUT2D eigenvalue weighted by Gasteiger charge is -2.18. The highest BCUT2D eigenvalue weighted by molar-refractivity contribution is 6.31. The van der Waals surface area contributed by atoms with Crippen molar-refractivity contribution in [1.82, 2.24) is 24.9 Å². The van der Waals surface area contributed by atoms with Crippen LogP contribution in [0.3, 0.4) is 0 Å². The number of nitrogens with one attached hydrogen (secondary N) is 1. The average molecular weight is 324 g/mol. The summed E-state index contributed by atoms with van der Waals surface area (Å²) in [5.41, 5.74) is 2.74. The Labute approximate surface area is 135 Å². The SMILES string of the molecule is CCn1cc(C(C)NC(=O)C(C)n2ncc(Cl)c2C)c(C)n1. The third kappa shape index (κ3) is 3.16.